The molecule has 3 nitrogen and oxygen atoms in total. The van der Waals surface area contributed by atoms with E-state index in [2.05, 4.69) is 17.1 Å². The molecule has 0 aliphatic rings. The fraction of sp³-hybridized carbons (Fsp3) is 0.231. The largest absolute Gasteiger partial charge is 0.347 e. The zero-order chi connectivity index (χ0) is 12.1. The average molecular weight is 246 g/mol. The Hall–Kier alpha value is -1.55. The highest BCUT2D eigenvalue weighted by Crippen LogP contribution is 2.16. The van der Waals surface area contributed by atoms with E-state index < -0.39 is 0 Å². The molecular formula is C13H14N2OS. The third-order valence-electron chi connectivity index (χ3n) is 2.36. The summed E-state index contributed by atoms with van der Waals surface area (Å²) in [5.74, 6) is 0.870. The molecule has 1 aromatic heterocycles. The van der Waals surface area contributed by atoms with E-state index in [0.29, 0.717) is 6.54 Å². The topological polar surface area (TPSA) is 34.9 Å². The summed E-state index contributed by atoms with van der Waals surface area (Å²) >= 11 is 1.74. The van der Waals surface area contributed by atoms with Crippen LogP contribution in [0.1, 0.15) is 5.69 Å². The molecule has 0 saturated heterocycles. The van der Waals surface area contributed by atoms with Gasteiger partial charge in [-0.15, -0.1) is 11.8 Å². The molecule has 0 fully saturated rings. The number of nitrogens with zero attached hydrogens (tertiary/aromatic N) is 2. The predicted molar refractivity (Wildman–Crippen MR) is 70.4 cm³/mol. The summed E-state index contributed by atoms with van der Waals surface area (Å²) in [6.45, 7) is 2.51. The molecule has 4 heteroatoms. The number of benzene rings is 1. The lowest BCUT2D eigenvalue weighted by atomic mass is 10.4. The van der Waals surface area contributed by atoms with Gasteiger partial charge < -0.3 is 0 Å². The molecule has 0 atom stereocenters. The highest BCUT2D eigenvalue weighted by Gasteiger charge is 1.98. The van der Waals surface area contributed by atoms with Gasteiger partial charge in [0.15, 0.2) is 0 Å². The molecule has 88 valence electrons. The van der Waals surface area contributed by atoms with E-state index in [1.165, 1.54) is 4.90 Å². The molecule has 0 unspecified atom stereocenters. The quantitative estimate of drug-likeness (QED) is 0.777. The van der Waals surface area contributed by atoms with Gasteiger partial charge in [0.05, 0.1) is 0 Å². The van der Waals surface area contributed by atoms with Gasteiger partial charge in [0.25, 0.3) is 0 Å². The molecule has 0 aliphatic carbocycles. The first-order chi connectivity index (χ1) is 8.25. The van der Waals surface area contributed by atoms with Crippen molar-refractivity contribution >= 4 is 11.8 Å². The molecule has 0 N–H and O–H groups in total. The Bertz CT molecular complexity index is 537. The monoisotopic (exact) mass is 246 g/mol. The molecule has 2 aromatic rings. The first-order valence-electron chi connectivity index (χ1n) is 5.47. The zero-order valence-electron chi connectivity index (χ0n) is 9.67. The zero-order valence-corrected chi connectivity index (χ0v) is 10.5. The van der Waals surface area contributed by atoms with Gasteiger partial charge in [-0.1, -0.05) is 18.2 Å². The third-order valence-corrected chi connectivity index (χ3v) is 3.35. The number of hydrogen-bond donors (Lipinski definition) is 0. The number of aromatic nitrogens is 2. The molecular weight excluding hydrogens is 232 g/mol. The molecule has 1 heterocycles. The normalized spacial score (nSPS) is 10.4. The minimum atomic E-state index is -0.168. The lowest BCUT2D eigenvalue weighted by Gasteiger charge is -2.04. The summed E-state index contributed by atoms with van der Waals surface area (Å²) in [6.07, 6.45) is 1.80. The number of hydrogen-bond acceptors (Lipinski definition) is 3. The van der Waals surface area contributed by atoms with E-state index in [0.717, 1.165) is 11.4 Å². The van der Waals surface area contributed by atoms with E-state index >= 15 is 0 Å². The molecule has 1 aromatic carbocycles. The number of rotatable bonds is 4. The molecule has 2 rings (SSSR count). The number of aryl methyl sites for hydroxylation is 2. The fourth-order valence-electron chi connectivity index (χ4n) is 1.46. The smallest absolute Gasteiger partial charge is 0.298 e. The van der Waals surface area contributed by atoms with Crippen molar-refractivity contribution < 1.29 is 0 Å². The Balaban J connectivity index is 1.93. The molecule has 17 heavy (non-hydrogen) atoms. The van der Waals surface area contributed by atoms with Crippen LogP contribution >= 0.6 is 11.8 Å². The van der Waals surface area contributed by atoms with Gasteiger partial charge in [-0.05, 0) is 25.1 Å². The molecule has 0 spiro atoms. The van der Waals surface area contributed by atoms with Gasteiger partial charge in [-0.2, -0.15) is 4.98 Å². The van der Waals surface area contributed by atoms with Crippen LogP contribution in [0.2, 0.25) is 0 Å². The maximum atomic E-state index is 11.5. The fourth-order valence-corrected chi connectivity index (χ4v) is 2.34. The first kappa shape index (κ1) is 11.9. The van der Waals surface area contributed by atoms with Crippen LogP contribution < -0.4 is 5.69 Å². The van der Waals surface area contributed by atoms with E-state index in [1.807, 2.05) is 31.2 Å². The van der Waals surface area contributed by atoms with Crippen LogP contribution in [0.5, 0.6) is 0 Å². The maximum absolute atomic E-state index is 11.5. The van der Waals surface area contributed by atoms with Crippen LogP contribution in [0.25, 0.3) is 0 Å². The van der Waals surface area contributed by atoms with Gasteiger partial charge in [0.1, 0.15) is 0 Å². The highest BCUT2D eigenvalue weighted by molar-refractivity contribution is 7.99. The molecule has 0 amide bonds. The molecule has 0 aliphatic heterocycles. The summed E-state index contributed by atoms with van der Waals surface area (Å²) in [7, 11) is 0. The second-order valence-corrected chi connectivity index (χ2v) is 4.87. The Kier molecular flexibility index (Phi) is 3.98. The van der Waals surface area contributed by atoms with Crippen molar-refractivity contribution in [1.29, 1.82) is 0 Å². The van der Waals surface area contributed by atoms with Crippen molar-refractivity contribution in [2.45, 2.75) is 18.4 Å². The lowest BCUT2D eigenvalue weighted by molar-refractivity contribution is 0.700. The summed E-state index contributed by atoms with van der Waals surface area (Å²) in [5.41, 5.74) is 0.598. The SMILES string of the molecule is Cc1ccn(CCSc2ccccc2)c(=O)n1. The minimum absolute atomic E-state index is 0.168. The van der Waals surface area contributed by atoms with Gasteiger partial charge in [0, 0.05) is 29.1 Å². The Morgan fingerprint density at radius 3 is 2.71 bits per heavy atom. The van der Waals surface area contributed by atoms with Crippen LogP contribution in [0.3, 0.4) is 0 Å². The van der Waals surface area contributed by atoms with Crippen LogP contribution in [0.15, 0.2) is 52.3 Å². The van der Waals surface area contributed by atoms with Crippen LogP contribution in [0, 0.1) is 6.92 Å². The van der Waals surface area contributed by atoms with Crippen molar-refractivity contribution in [1.82, 2.24) is 9.55 Å². The Morgan fingerprint density at radius 2 is 2.00 bits per heavy atom. The van der Waals surface area contributed by atoms with E-state index in [9.17, 15) is 4.79 Å². The van der Waals surface area contributed by atoms with Crippen LogP contribution in [0.4, 0.5) is 0 Å². The summed E-state index contributed by atoms with van der Waals surface area (Å²) in [6, 6.07) is 12.0. The van der Waals surface area contributed by atoms with E-state index in [1.54, 1.807) is 22.5 Å². The van der Waals surface area contributed by atoms with Gasteiger partial charge >= 0.3 is 5.69 Å². The minimum Gasteiger partial charge on any atom is -0.298 e. The van der Waals surface area contributed by atoms with Gasteiger partial charge in [-0.3, -0.25) is 4.57 Å². The van der Waals surface area contributed by atoms with E-state index in [4.69, 9.17) is 0 Å². The lowest BCUT2D eigenvalue weighted by Crippen LogP contribution is -2.23. The van der Waals surface area contributed by atoms with Crippen molar-refractivity contribution in [3.63, 3.8) is 0 Å². The second-order valence-electron chi connectivity index (χ2n) is 3.71. The molecule has 0 bridgehead atoms. The number of thioether (sulfide) groups is 1. The van der Waals surface area contributed by atoms with Gasteiger partial charge in [-0.25, -0.2) is 4.79 Å². The van der Waals surface area contributed by atoms with Gasteiger partial charge in [0.2, 0.25) is 0 Å². The maximum Gasteiger partial charge on any atom is 0.347 e. The standard InChI is InChI=1S/C13H14N2OS/c1-11-7-8-15(13(16)14-11)9-10-17-12-5-3-2-4-6-12/h2-8H,9-10H2,1H3. The Labute approximate surface area is 105 Å². The predicted octanol–water partition coefficient (Wildman–Crippen LogP) is 2.34. The second kappa shape index (κ2) is 5.68. The van der Waals surface area contributed by atoms with Crippen molar-refractivity contribution in [2.24, 2.45) is 0 Å². The molecule has 0 radical (unpaired) electrons. The van der Waals surface area contributed by atoms with Crippen molar-refractivity contribution in [3.05, 3.63) is 58.8 Å². The van der Waals surface area contributed by atoms with Crippen LogP contribution in [-0.4, -0.2) is 15.3 Å². The van der Waals surface area contributed by atoms with Crippen molar-refractivity contribution in [2.75, 3.05) is 5.75 Å². The third kappa shape index (κ3) is 3.46. The summed E-state index contributed by atoms with van der Waals surface area (Å²) in [4.78, 5) is 16.6. The molecule has 0 saturated carbocycles. The first-order valence-corrected chi connectivity index (χ1v) is 6.46. The highest BCUT2D eigenvalue weighted by atomic mass is 32.2. The summed E-state index contributed by atoms with van der Waals surface area (Å²) < 4.78 is 1.64. The van der Waals surface area contributed by atoms with Crippen LogP contribution in [-0.2, 0) is 6.54 Å². The average Bonchev–Trinajstić information content (AvgIpc) is 2.33. The summed E-state index contributed by atoms with van der Waals surface area (Å²) in [5, 5.41) is 0. The van der Waals surface area contributed by atoms with Crippen molar-refractivity contribution in [3.8, 4) is 0 Å². The Morgan fingerprint density at radius 1 is 1.24 bits per heavy atom. The van der Waals surface area contributed by atoms with E-state index in [-0.39, 0.29) is 5.69 Å².